The summed E-state index contributed by atoms with van der Waals surface area (Å²) < 4.78 is 0. The molecule has 0 aromatic heterocycles. The van der Waals surface area contributed by atoms with E-state index in [9.17, 15) is 0 Å². The van der Waals surface area contributed by atoms with Crippen LogP contribution in [0.2, 0.25) is 0 Å². The van der Waals surface area contributed by atoms with Gasteiger partial charge >= 0.3 is 0 Å². The quantitative estimate of drug-likeness (QED) is 0.460. The first-order valence-electron chi connectivity index (χ1n) is 5.80. The Hall–Kier alpha value is -0.780. The summed E-state index contributed by atoms with van der Waals surface area (Å²) in [6.45, 7) is 14.6. The van der Waals surface area contributed by atoms with Crippen molar-refractivity contribution in [3.63, 3.8) is 0 Å². The summed E-state index contributed by atoms with van der Waals surface area (Å²) in [5.74, 6) is 0.729. The second-order valence-electron chi connectivity index (χ2n) is 5.11. The van der Waals surface area contributed by atoms with Crippen molar-refractivity contribution >= 4 is 0 Å². The molecule has 0 N–H and O–H groups in total. The van der Waals surface area contributed by atoms with Gasteiger partial charge in [-0.3, -0.25) is 0 Å². The van der Waals surface area contributed by atoms with Gasteiger partial charge in [0.2, 0.25) is 0 Å². The summed E-state index contributed by atoms with van der Waals surface area (Å²) in [6, 6.07) is 0. The molecule has 0 aromatic carbocycles. The fraction of sp³-hybridized carbons (Fsp3) is 0.533. The lowest BCUT2D eigenvalue weighted by molar-refractivity contribution is 0.247. The summed E-state index contributed by atoms with van der Waals surface area (Å²) in [5.41, 5.74) is 3.03. The minimum absolute atomic E-state index is 0.209. The molecule has 0 aromatic rings. The number of allylic oxidation sites excluding steroid dienone is 5. The van der Waals surface area contributed by atoms with Gasteiger partial charge in [-0.2, -0.15) is 0 Å². The Morgan fingerprint density at radius 3 is 2.60 bits per heavy atom. The van der Waals surface area contributed by atoms with E-state index >= 15 is 0 Å². The van der Waals surface area contributed by atoms with E-state index in [-0.39, 0.29) is 5.41 Å². The molecule has 1 radical (unpaired) electrons. The SMILES string of the molecule is [CH2]/C=C(\C=C)C(C)(C)C1CC=C(C)CC1. The van der Waals surface area contributed by atoms with Crippen LogP contribution in [0.3, 0.4) is 0 Å². The van der Waals surface area contributed by atoms with Crippen LogP contribution in [0.1, 0.15) is 40.0 Å². The van der Waals surface area contributed by atoms with E-state index in [1.54, 1.807) is 5.57 Å². The van der Waals surface area contributed by atoms with E-state index in [0.29, 0.717) is 0 Å². The van der Waals surface area contributed by atoms with Gasteiger partial charge in [-0.1, -0.05) is 44.2 Å². The van der Waals surface area contributed by atoms with Crippen LogP contribution >= 0.6 is 0 Å². The Morgan fingerprint density at radius 2 is 2.20 bits per heavy atom. The molecule has 0 spiro atoms. The summed E-state index contributed by atoms with van der Waals surface area (Å²) in [4.78, 5) is 0. The van der Waals surface area contributed by atoms with Gasteiger partial charge in [0.25, 0.3) is 0 Å². The van der Waals surface area contributed by atoms with E-state index in [4.69, 9.17) is 0 Å². The molecule has 1 aliphatic rings. The summed E-state index contributed by atoms with van der Waals surface area (Å²) in [7, 11) is 0. The van der Waals surface area contributed by atoms with Crippen molar-refractivity contribution < 1.29 is 0 Å². The Balaban J connectivity index is 2.83. The summed E-state index contributed by atoms with van der Waals surface area (Å²) in [6.07, 6.45) is 10.0. The van der Waals surface area contributed by atoms with Crippen molar-refractivity contribution in [2.24, 2.45) is 11.3 Å². The zero-order valence-corrected chi connectivity index (χ0v) is 10.3. The van der Waals surface area contributed by atoms with Crippen molar-refractivity contribution in [2.45, 2.75) is 40.0 Å². The lowest BCUT2D eigenvalue weighted by atomic mass is 9.67. The van der Waals surface area contributed by atoms with Crippen LogP contribution in [0, 0.1) is 18.3 Å². The predicted molar refractivity (Wildman–Crippen MR) is 68.5 cm³/mol. The molecule has 15 heavy (non-hydrogen) atoms. The van der Waals surface area contributed by atoms with Crippen molar-refractivity contribution in [3.8, 4) is 0 Å². The molecule has 0 saturated heterocycles. The average Bonchev–Trinajstić information content (AvgIpc) is 2.19. The van der Waals surface area contributed by atoms with Crippen LogP contribution < -0.4 is 0 Å². The molecule has 0 heterocycles. The third kappa shape index (κ3) is 2.62. The highest BCUT2D eigenvalue weighted by molar-refractivity contribution is 5.26. The molecular formula is C15H23. The van der Waals surface area contributed by atoms with Crippen LogP contribution in [-0.4, -0.2) is 0 Å². The highest BCUT2D eigenvalue weighted by Gasteiger charge is 2.31. The first-order valence-corrected chi connectivity index (χ1v) is 5.80. The first-order chi connectivity index (χ1) is 7.02. The summed E-state index contributed by atoms with van der Waals surface area (Å²) in [5, 5.41) is 0. The van der Waals surface area contributed by atoms with Crippen LogP contribution in [0.25, 0.3) is 0 Å². The van der Waals surface area contributed by atoms with Crippen LogP contribution in [-0.2, 0) is 0 Å². The topological polar surface area (TPSA) is 0 Å². The standard InChI is InChI=1S/C15H23/c1-6-13(7-2)15(4,5)14-10-8-12(3)9-11-14/h6-8,14H,1-2,9-11H2,3-5H3/b13-6+. The van der Waals surface area contributed by atoms with Crippen molar-refractivity contribution in [1.82, 2.24) is 0 Å². The van der Waals surface area contributed by atoms with Gasteiger partial charge in [-0.15, -0.1) is 0 Å². The normalized spacial score (nSPS) is 23.6. The third-order valence-electron chi connectivity index (χ3n) is 3.84. The highest BCUT2D eigenvalue weighted by Crippen LogP contribution is 2.42. The fourth-order valence-electron chi connectivity index (χ4n) is 2.47. The molecule has 0 saturated carbocycles. The molecule has 0 amide bonds. The maximum atomic E-state index is 3.88. The van der Waals surface area contributed by atoms with E-state index < -0.39 is 0 Å². The van der Waals surface area contributed by atoms with E-state index in [1.807, 2.05) is 12.2 Å². The zero-order valence-electron chi connectivity index (χ0n) is 10.3. The maximum Gasteiger partial charge on any atom is -0.00756 e. The van der Waals surface area contributed by atoms with E-state index in [0.717, 1.165) is 5.92 Å². The highest BCUT2D eigenvalue weighted by atomic mass is 14.4. The minimum Gasteiger partial charge on any atom is -0.0988 e. The van der Waals surface area contributed by atoms with Crippen molar-refractivity contribution in [1.29, 1.82) is 0 Å². The molecule has 1 rings (SSSR count). The van der Waals surface area contributed by atoms with Crippen LogP contribution in [0.15, 0.2) is 36.0 Å². The second kappa shape index (κ2) is 4.83. The smallest absolute Gasteiger partial charge is 0.00756 e. The lowest BCUT2D eigenvalue weighted by Gasteiger charge is -2.37. The summed E-state index contributed by atoms with van der Waals surface area (Å²) >= 11 is 0. The second-order valence-corrected chi connectivity index (χ2v) is 5.11. The third-order valence-corrected chi connectivity index (χ3v) is 3.84. The zero-order chi connectivity index (χ0) is 11.5. The van der Waals surface area contributed by atoms with Crippen LogP contribution in [0.4, 0.5) is 0 Å². The lowest BCUT2D eigenvalue weighted by Crippen LogP contribution is -2.27. The predicted octanol–water partition coefficient (Wildman–Crippen LogP) is 4.71. The van der Waals surface area contributed by atoms with Crippen molar-refractivity contribution in [2.75, 3.05) is 0 Å². The molecule has 0 heteroatoms. The molecule has 1 aliphatic carbocycles. The Bertz CT molecular complexity index is 289. The van der Waals surface area contributed by atoms with Gasteiger partial charge in [0.1, 0.15) is 0 Å². The number of rotatable bonds is 3. The maximum absolute atomic E-state index is 3.88. The Kier molecular flexibility index (Phi) is 3.96. The van der Waals surface area contributed by atoms with Gasteiger partial charge in [0.05, 0.1) is 0 Å². The molecule has 1 atom stereocenters. The van der Waals surface area contributed by atoms with Gasteiger partial charge < -0.3 is 0 Å². The first kappa shape index (κ1) is 12.3. The number of hydrogen-bond acceptors (Lipinski definition) is 0. The molecule has 0 nitrogen and oxygen atoms in total. The van der Waals surface area contributed by atoms with Gasteiger partial charge in [0.15, 0.2) is 0 Å². The fourth-order valence-corrected chi connectivity index (χ4v) is 2.47. The molecule has 0 aliphatic heterocycles. The molecular weight excluding hydrogens is 180 g/mol. The van der Waals surface area contributed by atoms with Crippen molar-refractivity contribution in [3.05, 3.63) is 42.9 Å². The van der Waals surface area contributed by atoms with Crippen LogP contribution in [0.5, 0.6) is 0 Å². The van der Waals surface area contributed by atoms with E-state index in [2.05, 4.69) is 40.3 Å². The number of hydrogen-bond donors (Lipinski definition) is 0. The minimum atomic E-state index is 0.209. The molecule has 1 unspecified atom stereocenters. The Labute approximate surface area is 94.8 Å². The molecule has 83 valence electrons. The van der Waals surface area contributed by atoms with E-state index in [1.165, 1.54) is 24.8 Å². The molecule has 0 bridgehead atoms. The van der Waals surface area contributed by atoms with Gasteiger partial charge in [-0.25, -0.2) is 0 Å². The molecule has 0 fully saturated rings. The monoisotopic (exact) mass is 203 g/mol. The Morgan fingerprint density at radius 1 is 1.53 bits per heavy atom. The largest absolute Gasteiger partial charge is 0.0988 e. The average molecular weight is 203 g/mol. The van der Waals surface area contributed by atoms with Gasteiger partial charge in [-0.05, 0) is 50.0 Å². The van der Waals surface area contributed by atoms with Gasteiger partial charge in [0, 0.05) is 0 Å².